The molecule has 236 valence electrons. The Bertz CT molecular complexity index is 1650. The van der Waals surface area contributed by atoms with Gasteiger partial charge in [0.05, 0.1) is 17.7 Å². The SMILES string of the molecule is COc1ccc(S(=O)(=O)N(CC(=O)N(Cc2ccccc2)C(Cc2ccccc2)C(=O)NCC(C)C)c2ccc(F)cc2)cc1. The van der Waals surface area contributed by atoms with Crippen LogP contribution in [0.3, 0.4) is 0 Å². The lowest BCUT2D eigenvalue weighted by Crippen LogP contribution is -2.53. The van der Waals surface area contributed by atoms with E-state index >= 15 is 0 Å². The molecular formula is C35H38FN3O5S. The van der Waals surface area contributed by atoms with E-state index in [1.165, 1.54) is 48.4 Å². The zero-order chi connectivity index (χ0) is 32.4. The lowest BCUT2D eigenvalue weighted by atomic mass is 10.0. The van der Waals surface area contributed by atoms with E-state index in [-0.39, 0.29) is 35.4 Å². The Hall–Kier alpha value is -4.70. The highest BCUT2D eigenvalue weighted by molar-refractivity contribution is 7.92. The van der Waals surface area contributed by atoms with Crippen molar-refractivity contribution in [3.05, 3.63) is 126 Å². The summed E-state index contributed by atoms with van der Waals surface area (Å²) in [6.07, 6.45) is 0.213. The first-order chi connectivity index (χ1) is 21.6. The van der Waals surface area contributed by atoms with Gasteiger partial charge in [-0.25, -0.2) is 12.8 Å². The fraction of sp³-hybridized carbons (Fsp3) is 0.257. The first kappa shape index (κ1) is 33.2. The largest absolute Gasteiger partial charge is 0.497 e. The highest BCUT2D eigenvalue weighted by Gasteiger charge is 2.34. The molecule has 4 aromatic carbocycles. The zero-order valence-electron chi connectivity index (χ0n) is 25.6. The van der Waals surface area contributed by atoms with Crippen LogP contribution in [0.4, 0.5) is 10.1 Å². The van der Waals surface area contributed by atoms with Crippen LogP contribution in [0.15, 0.2) is 114 Å². The molecule has 0 radical (unpaired) electrons. The number of amides is 2. The van der Waals surface area contributed by atoms with Gasteiger partial charge >= 0.3 is 0 Å². The van der Waals surface area contributed by atoms with Crippen LogP contribution in [0.2, 0.25) is 0 Å². The number of ether oxygens (including phenoxy) is 1. The number of nitrogens with one attached hydrogen (secondary N) is 1. The van der Waals surface area contributed by atoms with Gasteiger partial charge in [-0.15, -0.1) is 0 Å². The highest BCUT2D eigenvalue weighted by atomic mass is 32.2. The number of methoxy groups -OCH3 is 1. The van der Waals surface area contributed by atoms with E-state index in [1.54, 1.807) is 0 Å². The van der Waals surface area contributed by atoms with E-state index in [0.29, 0.717) is 12.3 Å². The second-order valence-electron chi connectivity index (χ2n) is 11.0. The molecule has 0 bridgehead atoms. The van der Waals surface area contributed by atoms with Crippen LogP contribution in [0.1, 0.15) is 25.0 Å². The number of benzene rings is 4. The molecule has 2 amide bonds. The van der Waals surface area contributed by atoms with E-state index in [9.17, 15) is 22.4 Å². The third-order valence-corrected chi connectivity index (χ3v) is 8.98. The molecule has 0 heterocycles. The summed E-state index contributed by atoms with van der Waals surface area (Å²) in [4.78, 5) is 29.5. The number of hydrogen-bond acceptors (Lipinski definition) is 5. The second kappa shape index (κ2) is 15.3. The summed E-state index contributed by atoms with van der Waals surface area (Å²) in [6, 6.07) is 28.3. The number of halogens is 1. The van der Waals surface area contributed by atoms with E-state index in [0.717, 1.165) is 27.6 Å². The first-order valence-corrected chi connectivity index (χ1v) is 16.1. The van der Waals surface area contributed by atoms with Crippen molar-refractivity contribution >= 4 is 27.5 Å². The van der Waals surface area contributed by atoms with Crippen molar-refractivity contribution in [2.24, 2.45) is 5.92 Å². The minimum atomic E-state index is -4.31. The predicted molar refractivity (Wildman–Crippen MR) is 173 cm³/mol. The Labute approximate surface area is 264 Å². The van der Waals surface area contributed by atoms with Crippen LogP contribution in [0, 0.1) is 11.7 Å². The average Bonchev–Trinajstić information content (AvgIpc) is 3.05. The monoisotopic (exact) mass is 631 g/mol. The van der Waals surface area contributed by atoms with E-state index < -0.39 is 34.3 Å². The van der Waals surface area contributed by atoms with Gasteiger partial charge in [0.15, 0.2) is 0 Å². The number of nitrogens with zero attached hydrogens (tertiary/aromatic N) is 2. The predicted octanol–water partition coefficient (Wildman–Crippen LogP) is 5.44. The minimum Gasteiger partial charge on any atom is -0.497 e. The molecule has 1 unspecified atom stereocenters. The lowest BCUT2D eigenvalue weighted by molar-refractivity contribution is -0.140. The fourth-order valence-electron chi connectivity index (χ4n) is 4.77. The molecule has 1 atom stereocenters. The molecular weight excluding hydrogens is 593 g/mol. The van der Waals surface area contributed by atoms with E-state index in [4.69, 9.17) is 4.74 Å². The van der Waals surface area contributed by atoms with E-state index in [2.05, 4.69) is 5.32 Å². The van der Waals surface area contributed by atoms with Crippen LogP contribution in [-0.4, -0.2) is 51.4 Å². The average molecular weight is 632 g/mol. The van der Waals surface area contributed by atoms with E-state index in [1.807, 2.05) is 74.5 Å². The van der Waals surface area contributed by atoms with Gasteiger partial charge in [0, 0.05) is 19.5 Å². The summed E-state index contributed by atoms with van der Waals surface area (Å²) in [5.74, 6) is -0.858. The third kappa shape index (κ3) is 8.92. The molecule has 0 aliphatic heterocycles. The maximum absolute atomic E-state index is 14.4. The highest BCUT2D eigenvalue weighted by Crippen LogP contribution is 2.26. The molecule has 4 rings (SSSR count). The number of carbonyl (C=O) groups excluding carboxylic acids is 2. The van der Waals surface area contributed by atoms with Crippen LogP contribution < -0.4 is 14.4 Å². The molecule has 0 saturated carbocycles. The van der Waals surface area contributed by atoms with Crippen molar-refractivity contribution in [1.82, 2.24) is 10.2 Å². The Kier molecular flexibility index (Phi) is 11.3. The van der Waals surface area contributed by atoms with Crippen LogP contribution >= 0.6 is 0 Å². The molecule has 0 spiro atoms. The summed E-state index contributed by atoms with van der Waals surface area (Å²) < 4.78 is 48.1. The molecule has 0 fully saturated rings. The van der Waals surface area contributed by atoms with Crippen LogP contribution in [-0.2, 0) is 32.6 Å². The third-order valence-electron chi connectivity index (χ3n) is 7.19. The summed E-state index contributed by atoms with van der Waals surface area (Å²) in [6.45, 7) is 3.79. The van der Waals surface area contributed by atoms with Crippen LogP contribution in [0.25, 0.3) is 0 Å². The smallest absolute Gasteiger partial charge is 0.264 e. The van der Waals surface area contributed by atoms with Gasteiger partial charge in [-0.1, -0.05) is 74.5 Å². The molecule has 0 aliphatic carbocycles. The van der Waals surface area contributed by atoms with Gasteiger partial charge in [-0.3, -0.25) is 13.9 Å². The molecule has 1 N–H and O–H groups in total. The maximum Gasteiger partial charge on any atom is 0.264 e. The molecule has 10 heteroatoms. The quantitative estimate of drug-likeness (QED) is 0.200. The Morgan fingerprint density at radius 2 is 1.40 bits per heavy atom. The zero-order valence-corrected chi connectivity index (χ0v) is 26.4. The van der Waals surface area contributed by atoms with Crippen molar-refractivity contribution in [2.75, 3.05) is 24.5 Å². The normalized spacial score (nSPS) is 11.9. The minimum absolute atomic E-state index is 0.0616. The lowest BCUT2D eigenvalue weighted by Gasteiger charge is -2.34. The molecule has 4 aromatic rings. The number of anilines is 1. The van der Waals surface area contributed by atoms with Gasteiger partial charge in [0.1, 0.15) is 24.2 Å². The summed E-state index contributed by atoms with van der Waals surface area (Å²) in [5.41, 5.74) is 1.71. The van der Waals surface area contributed by atoms with Gasteiger partial charge in [0.25, 0.3) is 10.0 Å². The Morgan fingerprint density at radius 1 is 0.822 bits per heavy atom. The first-order valence-electron chi connectivity index (χ1n) is 14.7. The summed E-state index contributed by atoms with van der Waals surface area (Å²) in [5, 5.41) is 2.96. The second-order valence-corrected chi connectivity index (χ2v) is 12.9. The maximum atomic E-state index is 14.4. The molecule has 0 aromatic heterocycles. The molecule has 0 aliphatic rings. The topological polar surface area (TPSA) is 96.0 Å². The van der Waals surface area contributed by atoms with Crippen molar-refractivity contribution in [3.63, 3.8) is 0 Å². The van der Waals surface area contributed by atoms with Crippen molar-refractivity contribution in [1.29, 1.82) is 0 Å². The van der Waals surface area contributed by atoms with Gasteiger partial charge in [0.2, 0.25) is 11.8 Å². The molecule has 8 nitrogen and oxygen atoms in total. The van der Waals surface area contributed by atoms with Crippen molar-refractivity contribution < 1.29 is 27.1 Å². The van der Waals surface area contributed by atoms with Crippen LogP contribution in [0.5, 0.6) is 5.75 Å². The number of rotatable bonds is 14. The standard InChI is InChI=1S/C35H38FN3O5S/c1-26(2)23-37-35(41)33(22-27-10-6-4-7-11-27)38(24-28-12-8-5-9-13-28)34(40)25-39(30-16-14-29(36)15-17-30)45(42,43)32-20-18-31(44-3)19-21-32/h4-21,26,33H,22-25H2,1-3H3,(H,37,41). The Balaban J connectivity index is 1.78. The summed E-state index contributed by atoms with van der Waals surface area (Å²) in [7, 11) is -2.84. The van der Waals surface area contributed by atoms with Gasteiger partial charge < -0.3 is 15.0 Å². The van der Waals surface area contributed by atoms with Gasteiger partial charge in [-0.05, 0) is 65.6 Å². The summed E-state index contributed by atoms with van der Waals surface area (Å²) >= 11 is 0. The number of carbonyl (C=O) groups is 2. The van der Waals surface area contributed by atoms with Gasteiger partial charge in [-0.2, -0.15) is 0 Å². The molecule has 0 saturated heterocycles. The molecule has 45 heavy (non-hydrogen) atoms. The van der Waals surface area contributed by atoms with Crippen molar-refractivity contribution in [2.45, 2.75) is 37.8 Å². The van der Waals surface area contributed by atoms with Crippen molar-refractivity contribution in [3.8, 4) is 5.75 Å². The fourth-order valence-corrected chi connectivity index (χ4v) is 6.18. The number of hydrogen-bond donors (Lipinski definition) is 1. The Morgan fingerprint density at radius 3 is 1.96 bits per heavy atom. The number of sulfonamides is 1.